The van der Waals surface area contributed by atoms with Crippen LogP contribution >= 0.6 is 0 Å². The quantitative estimate of drug-likeness (QED) is 0.868. The van der Waals surface area contributed by atoms with Gasteiger partial charge in [0.05, 0.1) is 6.61 Å². The molecule has 1 aromatic carbocycles. The summed E-state index contributed by atoms with van der Waals surface area (Å²) in [6.07, 6.45) is 3.84. The molecule has 0 aliphatic carbocycles. The minimum absolute atomic E-state index is 0.532. The number of benzene rings is 1. The van der Waals surface area contributed by atoms with Gasteiger partial charge < -0.3 is 10.5 Å². The number of rotatable bonds is 6. The molecule has 2 N–H and O–H groups in total. The van der Waals surface area contributed by atoms with E-state index in [-0.39, 0.29) is 0 Å². The van der Waals surface area contributed by atoms with Crippen molar-refractivity contribution in [3.05, 3.63) is 35.4 Å². The Morgan fingerprint density at radius 2 is 2.05 bits per heavy atom. The van der Waals surface area contributed by atoms with Gasteiger partial charge in [0, 0.05) is 26.2 Å². The van der Waals surface area contributed by atoms with Gasteiger partial charge in [0.2, 0.25) is 0 Å². The highest BCUT2D eigenvalue weighted by atomic mass is 16.5. The molecule has 1 aliphatic heterocycles. The zero-order valence-electron chi connectivity index (χ0n) is 12.8. The molecule has 20 heavy (non-hydrogen) atoms. The topological polar surface area (TPSA) is 38.5 Å². The van der Waals surface area contributed by atoms with Crippen molar-refractivity contribution in [2.75, 3.05) is 20.2 Å². The van der Waals surface area contributed by atoms with E-state index in [1.165, 1.54) is 36.9 Å². The number of hydrogen-bond acceptors (Lipinski definition) is 3. The predicted octanol–water partition coefficient (Wildman–Crippen LogP) is 2.78. The van der Waals surface area contributed by atoms with Gasteiger partial charge in [-0.2, -0.15) is 0 Å². The fraction of sp³-hybridized carbons (Fsp3) is 0.647. The van der Waals surface area contributed by atoms with Crippen LogP contribution in [0, 0.1) is 5.92 Å². The minimum atomic E-state index is 0.532. The van der Waals surface area contributed by atoms with E-state index < -0.39 is 0 Å². The van der Waals surface area contributed by atoms with E-state index in [2.05, 4.69) is 36.1 Å². The highest BCUT2D eigenvalue weighted by molar-refractivity contribution is 5.26. The Balaban J connectivity index is 2.05. The summed E-state index contributed by atoms with van der Waals surface area (Å²) >= 11 is 0. The first-order chi connectivity index (χ1) is 9.78. The lowest BCUT2D eigenvalue weighted by atomic mass is 9.88. The lowest BCUT2D eigenvalue weighted by Gasteiger charge is -2.39. The second kappa shape index (κ2) is 7.77. The molecular weight excluding hydrogens is 248 g/mol. The largest absolute Gasteiger partial charge is 0.380 e. The van der Waals surface area contributed by atoms with E-state index in [4.69, 9.17) is 10.5 Å². The smallest absolute Gasteiger partial charge is 0.0716 e. The first-order valence-electron chi connectivity index (χ1n) is 7.78. The van der Waals surface area contributed by atoms with Gasteiger partial charge in [-0.3, -0.25) is 4.90 Å². The SMILES string of the molecule is CCC1CCN(Cc2ccccc2COC)C(CN)C1. The lowest BCUT2D eigenvalue weighted by Crippen LogP contribution is -2.46. The normalized spacial score (nSPS) is 23.9. The molecule has 1 saturated heterocycles. The summed E-state index contributed by atoms with van der Waals surface area (Å²) in [4.78, 5) is 2.56. The molecule has 2 unspecified atom stereocenters. The number of piperidine rings is 1. The van der Waals surface area contributed by atoms with Crippen molar-refractivity contribution in [2.24, 2.45) is 11.7 Å². The van der Waals surface area contributed by atoms with Crippen molar-refractivity contribution >= 4 is 0 Å². The van der Waals surface area contributed by atoms with Gasteiger partial charge in [0.25, 0.3) is 0 Å². The number of hydrogen-bond donors (Lipinski definition) is 1. The molecule has 0 saturated carbocycles. The van der Waals surface area contributed by atoms with Crippen molar-refractivity contribution < 1.29 is 4.74 Å². The number of nitrogens with two attached hydrogens (primary N) is 1. The van der Waals surface area contributed by atoms with Crippen LogP contribution in [0.15, 0.2) is 24.3 Å². The lowest BCUT2D eigenvalue weighted by molar-refractivity contribution is 0.106. The summed E-state index contributed by atoms with van der Waals surface area (Å²) in [6, 6.07) is 9.11. The average Bonchev–Trinajstić information content (AvgIpc) is 2.50. The van der Waals surface area contributed by atoms with Gasteiger partial charge >= 0.3 is 0 Å². The van der Waals surface area contributed by atoms with E-state index in [0.717, 1.165) is 19.0 Å². The molecule has 0 amide bonds. The third kappa shape index (κ3) is 3.81. The number of likely N-dealkylation sites (tertiary alicyclic amines) is 1. The maximum atomic E-state index is 5.99. The van der Waals surface area contributed by atoms with Crippen LogP contribution in [-0.4, -0.2) is 31.1 Å². The molecule has 3 nitrogen and oxygen atoms in total. The molecule has 2 rings (SSSR count). The molecule has 2 atom stereocenters. The molecule has 0 aromatic heterocycles. The fourth-order valence-corrected chi connectivity index (χ4v) is 3.23. The maximum absolute atomic E-state index is 5.99. The van der Waals surface area contributed by atoms with Crippen LogP contribution in [0.2, 0.25) is 0 Å². The van der Waals surface area contributed by atoms with Crippen LogP contribution in [0.4, 0.5) is 0 Å². The first-order valence-corrected chi connectivity index (χ1v) is 7.78. The molecule has 1 aliphatic rings. The van der Waals surface area contributed by atoms with Crippen LogP contribution in [-0.2, 0) is 17.9 Å². The Morgan fingerprint density at radius 1 is 1.30 bits per heavy atom. The van der Waals surface area contributed by atoms with E-state index in [9.17, 15) is 0 Å². The van der Waals surface area contributed by atoms with Crippen LogP contribution < -0.4 is 5.73 Å². The molecular formula is C17H28N2O. The second-order valence-corrected chi connectivity index (χ2v) is 5.86. The van der Waals surface area contributed by atoms with Gasteiger partial charge in [0.1, 0.15) is 0 Å². The Hall–Kier alpha value is -0.900. The summed E-state index contributed by atoms with van der Waals surface area (Å²) < 4.78 is 5.30. The van der Waals surface area contributed by atoms with E-state index in [0.29, 0.717) is 12.6 Å². The summed E-state index contributed by atoms with van der Waals surface area (Å²) in [5, 5.41) is 0. The molecule has 1 fully saturated rings. The van der Waals surface area contributed by atoms with E-state index >= 15 is 0 Å². The standard InChI is InChI=1S/C17H28N2O/c1-3-14-8-9-19(17(10-14)11-18)12-15-6-4-5-7-16(15)13-20-2/h4-7,14,17H,3,8-13,18H2,1-2H3. The van der Waals surface area contributed by atoms with Crippen molar-refractivity contribution in [1.29, 1.82) is 0 Å². The Kier molecular flexibility index (Phi) is 6.02. The summed E-state index contributed by atoms with van der Waals surface area (Å²) in [6.45, 7) is 5.92. The third-order valence-corrected chi connectivity index (χ3v) is 4.59. The minimum Gasteiger partial charge on any atom is -0.380 e. The molecule has 1 aromatic rings. The van der Waals surface area contributed by atoms with Crippen molar-refractivity contribution in [3.63, 3.8) is 0 Å². The zero-order chi connectivity index (χ0) is 14.4. The van der Waals surface area contributed by atoms with Gasteiger partial charge in [-0.05, 0) is 36.4 Å². The highest BCUT2D eigenvalue weighted by Gasteiger charge is 2.26. The number of ether oxygens (including phenoxy) is 1. The number of nitrogens with zero attached hydrogens (tertiary/aromatic N) is 1. The Labute approximate surface area is 123 Å². The summed E-state index contributed by atoms with van der Waals surface area (Å²) in [5.41, 5.74) is 8.67. The van der Waals surface area contributed by atoms with Crippen molar-refractivity contribution in [2.45, 2.75) is 45.4 Å². The Bertz CT molecular complexity index is 408. The Morgan fingerprint density at radius 3 is 2.70 bits per heavy atom. The van der Waals surface area contributed by atoms with Crippen LogP contribution in [0.25, 0.3) is 0 Å². The van der Waals surface area contributed by atoms with Crippen LogP contribution in [0.3, 0.4) is 0 Å². The number of methoxy groups -OCH3 is 1. The average molecular weight is 276 g/mol. The summed E-state index contributed by atoms with van der Waals surface area (Å²) in [5.74, 6) is 0.856. The predicted molar refractivity (Wildman–Crippen MR) is 83.4 cm³/mol. The van der Waals surface area contributed by atoms with Gasteiger partial charge in [-0.15, -0.1) is 0 Å². The van der Waals surface area contributed by atoms with E-state index in [1.807, 2.05) is 0 Å². The molecule has 3 heteroatoms. The van der Waals surface area contributed by atoms with Gasteiger partial charge in [-0.1, -0.05) is 37.6 Å². The van der Waals surface area contributed by atoms with Crippen LogP contribution in [0.1, 0.15) is 37.3 Å². The van der Waals surface area contributed by atoms with Crippen molar-refractivity contribution in [1.82, 2.24) is 4.90 Å². The van der Waals surface area contributed by atoms with Gasteiger partial charge in [0.15, 0.2) is 0 Å². The fourth-order valence-electron chi connectivity index (χ4n) is 3.23. The zero-order valence-corrected chi connectivity index (χ0v) is 12.8. The maximum Gasteiger partial charge on any atom is 0.0716 e. The highest BCUT2D eigenvalue weighted by Crippen LogP contribution is 2.26. The van der Waals surface area contributed by atoms with Crippen LogP contribution in [0.5, 0.6) is 0 Å². The van der Waals surface area contributed by atoms with E-state index in [1.54, 1.807) is 7.11 Å². The molecule has 112 valence electrons. The first kappa shape index (κ1) is 15.5. The van der Waals surface area contributed by atoms with Gasteiger partial charge in [-0.25, -0.2) is 0 Å². The van der Waals surface area contributed by atoms with Crippen molar-refractivity contribution in [3.8, 4) is 0 Å². The molecule has 0 radical (unpaired) electrons. The molecule has 0 bridgehead atoms. The monoisotopic (exact) mass is 276 g/mol. The second-order valence-electron chi connectivity index (χ2n) is 5.86. The summed E-state index contributed by atoms with van der Waals surface area (Å²) in [7, 11) is 1.76. The third-order valence-electron chi connectivity index (χ3n) is 4.59. The molecule has 0 spiro atoms. The molecule has 1 heterocycles.